The maximum atomic E-state index is 12.0. The van der Waals surface area contributed by atoms with Crippen molar-refractivity contribution < 1.29 is 29.0 Å². The van der Waals surface area contributed by atoms with Crippen LogP contribution in [0.1, 0.15) is 0 Å². The summed E-state index contributed by atoms with van der Waals surface area (Å²) in [6.07, 6.45) is 0. The van der Waals surface area contributed by atoms with E-state index in [1.807, 2.05) is 6.07 Å². The van der Waals surface area contributed by atoms with Crippen LogP contribution >= 0.6 is 0 Å². The number of carboxylic acid groups (broad SMARTS) is 1. The third-order valence-electron chi connectivity index (χ3n) is 3.28. The molecule has 0 spiro atoms. The lowest BCUT2D eigenvalue weighted by molar-refractivity contribution is -0.158. The summed E-state index contributed by atoms with van der Waals surface area (Å²) in [7, 11) is 0. The number of nitrogens with one attached hydrogen (secondary N) is 1. The van der Waals surface area contributed by atoms with Crippen molar-refractivity contribution in [1.29, 1.82) is 0 Å². The Morgan fingerprint density at radius 2 is 2.04 bits per heavy atom. The van der Waals surface area contributed by atoms with Crippen LogP contribution in [0.5, 0.6) is 5.75 Å². The van der Waals surface area contributed by atoms with Gasteiger partial charge in [-0.25, -0.2) is 4.79 Å². The summed E-state index contributed by atoms with van der Waals surface area (Å²) in [5, 5.41) is 11.5. The van der Waals surface area contributed by atoms with Crippen LogP contribution in [-0.2, 0) is 19.1 Å². The first kappa shape index (κ1) is 16.8. The van der Waals surface area contributed by atoms with Crippen LogP contribution in [0.2, 0.25) is 0 Å². The number of hydrogen-bond donors (Lipinski definition) is 2. The lowest BCUT2D eigenvalue weighted by atomic mass is 10.2. The van der Waals surface area contributed by atoms with Crippen molar-refractivity contribution in [2.75, 3.05) is 32.9 Å². The van der Waals surface area contributed by atoms with Crippen LogP contribution in [0.3, 0.4) is 0 Å². The lowest BCUT2D eigenvalue weighted by Gasteiger charge is -2.32. The highest BCUT2D eigenvalue weighted by Crippen LogP contribution is 2.08. The first-order valence-corrected chi connectivity index (χ1v) is 7.12. The molecule has 1 atom stereocenters. The number of carboxylic acids is 1. The molecule has 1 aromatic carbocycles. The second kappa shape index (κ2) is 8.14. The van der Waals surface area contributed by atoms with Gasteiger partial charge in [-0.3, -0.25) is 9.59 Å². The molecule has 1 aliphatic rings. The van der Waals surface area contributed by atoms with E-state index in [0.29, 0.717) is 5.75 Å². The van der Waals surface area contributed by atoms with Gasteiger partial charge in [0.1, 0.15) is 5.75 Å². The van der Waals surface area contributed by atoms with Gasteiger partial charge in [0, 0.05) is 6.54 Å². The van der Waals surface area contributed by atoms with Gasteiger partial charge < -0.3 is 24.8 Å². The molecule has 0 bridgehead atoms. The predicted octanol–water partition coefficient (Wildman–Crippen LogP) is -0.506. The fourth-order valence-corrected chi connectivity index (χ4v) is 2.10. The molecular weight excluding hydrogens is 304 g/mol. The molecule has 0 aliphatic carbocycles. The van der Waals surface area contributed by atoms with Crippen molar-refractivity contribution in [1.82, 2.24) is 10.2 Å². The zero-order chi connectivity index (χ0) is 16.7. The van der Waals surface area contributed by atoms with Crippen LogP contribution in [0.15, 0.2) is 30.3 Å². The monoisotopic (exact) mass is 322 g/mol. The zero-order valence-corrected chi connectivity index (χ0v) is 12.4. The molecule has 1 aliphatic heterocycles. The number of carbonyl (C=O) groups excluding carboxylic acids is 2. The Morgan fingerprint density at radius 1 is 1.30 bits per heavy atom. The molecule has 2 amide bonds. The van der Waals surface area contributed by atoms with Gasteiger partial charge in [-0.2, -0.15) is 0 Å². The highest BCUT2D eigenvalue weighted by molar-refractivity contribution is 5.88. The minimum atomic E-state index is -1.13. The van der Waals surface area contributed by atoms with E-state index in [9.17, 15) is 14.4 Å². The van der Waals surface area contributed by atoms with Crippen molar-refractivity contribution in [3.8, 4) is 5.75 Å². The number of carbonyl (C=O) groups is 3. The maximum absolute atomic E-state index is 12.0. The van der Waals surface area contributed by atoms with E-state index in [0.717, 1.165) is 0 Å². The summed E-state index contributed by atoms with van der Waals surface area (Å²) >= 11 is 0. The molecule has 2 N–H and O–H groups in total. The molecule has 1 unspecified atom stereocenters. The number of ether oxygens (including phenoxy) is 2. The van der Waals surface area contributed by atoms with Crippen LogP contribution < -0.4 is 10.1 Å². The molecule has 1 aromatic rings. The zero-order valence-electron chi connectivity index (χ0n) is 12.4. The fraction of sp³-hybridized carbons (Fsp3) is 0.400. The average molecular weight is 322 g/mol. The Labute approximate surface area is 133 Å². The standard InChI is InChI=1S/C15H18N2O6/c18-13(10-23-11-4-2-1-3-5-11)16-8-14(19)17-6-7-22-9-12(17)15(20)21/h1-5,12H,6-10H2,(H,16,18)(H,20,21). The van der Waals surface area contributed by atoms with Gasteiger partial charge in [0.15, 0.2) is 12.6 Å². The van der Waals surface area contributed by atoms with Gasteiger partial charge in [-0.05, 0) is 12.1 Å². The summed E-state index contributed by atoms with van der Waals surface area (Å²) in [6, 6.07) is 7.79. The smallest absolute Gasteiger partial charge is 0.328 e. The van der Waals surface area contributed by atoms with Crippen molar-refractivity contribution in [2.24, 2.45) is 0 Å². The van der Waals surface area contributed by atoms with Crippen LogP contribution in [0, 0.1) is 0 Å². The highest BCUT2D eigenvalue weighted by Gasteiger charge is 2.32. The second-order valence-corrected chi connectivity index (χ2v) is 4.89. The molecule has 1 heterocycles. The molecule has 0 aromatic heterocycles. The van der Waals surface area contributed by atoms with Crippen LogP contribution in [0.4, 0.5) is 0 Å². The molecule has 1 fully saturated rings. The summed E-state index contributed by atoms with van der Waals surface area (Å²) in [5.41, 5.74) is 0. The quantitative estimate of drug-likeness (QED) is 0.731. The third-order valence-corrected chi connectivity index (χ3v) is 3.28. The maximum Gasteiger partial charge on any atom is 0.328 e. The predicted molar refractivity (Wildman–Crippen MR) is 78.9 cm³/mol. The van der Waals surface area contributed by atoms with Gasteiger partial charge >= 0.3 is 5.97 Å². The molecule has 8 heteroatoms. The van der Waals surface area contributed by atoms with Crippen molar-refractivity contribution in [3.05, 3.63) is 30.3 Å². The number of rotatable bonds is 6. The molecule has 8 nitrogen and oxygen atoms in total. The summed E-state index contributed by atoms with van der Waals surface area (Å²) in [4.78, 5) is 36.0. The first-order valence-electron chi connectivity index (χ1n) is 7.12. The highest BCUT2D eigenvalue weighted by atomic mass is 16.5. The second-order valence-electron chi connectivity index (χ2n) is 4.89. The number of nitrogens with zero attached hydrogens (tertiary/aromatic N) is 1. The summed E-state index contributed by atoms with van der Waals surface area (Å²) in [6.45, 7) is -0.0809. The van der Waals surface area contributed by atoms with E-state index in [1.54, 1.807) is 24.3 Å². The number of amides is 2. The van der Waals surface area contributed by atoms with E-state index in [2.05, 4.69) is 5.32 Å². The Kier molecular flexibility index (Phi) is 5.93. The SMILES string of the molecule is O=C(COc1ccccc1)NCC(=O)N1CCOCC1C(=O)O. The largest absolute Gasteiger partial charge is 0.484 e. The molecular formula is C15H18N2O6. The molecule has 124 valence electrons. The minimum absolute atomic E-state index is 0.0495. The Morgan fingerprint density at radius 3 is 2.74 bits per heavy atom. The number of hydrogen-bond acceptors (Lipinski definition) is 5. The fourth-order valence-electron chi connectivity index (χ4n) is 2.10. The Hall–Kier alpha value is -2.61. The van der Waals surface area contributed by atoms with Gasteiger partial charge in [0.25, 0.3) is 5.91 Å². The molecule has 1 saturated heterocycles. The van der Waals surface area contributed by atoms with Crippen molar-refractivity contribution in [2.45, 2.75) is 6.04 Å². The van der Waals surface area contributed by atoms with Gasteiger partial charge in [0.2, 0.25) is 5.91 Å². The van der Waals surface area contributed by atoms with E-state index in [-0.39, 0.29) is 32.9 Å². The first-order chi connectivity index (χ1) is 11.1. The van der Waals surface area contributed by atoms with Crippen molar-refractivity contribution in [3.63, 3.8) is 0 Å². The van der Waals surface area contributed by atoms with Crippen LogP contribution in [-0.4, -0.2) is 66.7 Å². The van der Waals surface area contributed by atoms with Gasteiger partial charge in [-0.15, -0.1) is 0 Å². The van der Waals surface area contributed by atoms with Gasteiger partial charge in [0.05, 0.1) is 19.8 Å². The van der Waals surface area contributed by atoms with Gasteiger partial charge in [-0.1, -0.05) is 18.2 Å². The van der Waals surface area contributed by atoms with Crippen LogP contribution in [0.25, 0.3) is 0 Å². The number of morpholine rings is 1. The number of para-hydroxylation sites is 1. The van der Waals surface area contributed by atoms with E-state index in [4.69, 9.17) is 14.6 Å². The lowest BCUT2D eigenvalue weighted by Crippen LogP contribution is -2.55. The summed E-state index contributed by atoms with van der Waals surface area (Å²) in [5.74, 6) is -1.50. The van der Waals surface area contributed by atoms with E-state index in [1.165, 1.54) is 4.90 Å². The molecule has 2 rings (SSSR count). The molecule has 0 saturated carbocycles. The summed E-state index contributed by atoms with van der Waals surface area (Å²) < 4.78 is 10.3. The number of aliphatic carboxylic acids is 1. The third kappa shape index (κ3) is 4.96. The average Bonchev–Trinajstić information content (AvgIpc) is 2.58. The molecule has 0 radical (unpaired) electrons. The molecule has 23 heavy (non-hydrogen) atoms. The van der Waals surface area contributed by atoms with E-state index >= 15 is 0 Å². The van der Waals surface area contributed by atoms with E-state index < -0.39 is 23.8 Å². The topological polar surface area (TPSA) is 105 Å². The minimum Gasteiger partial charge on any atom is -0.484 e. The van der Waals surface area contributed by atoms with Crippen molar-refractivity contribution >= 4 is 17.8 Å². The Balaban J connectivity index is 1.76. The normalized spacial score (nSPS) is 17.4. The number of benzene rings is 1. The Bertz CT molecular complexity index is 562.